The number of hydrogen-bond donors (Lipinski definition) is 1. The van der Waals surface area contributed by atoms with Crippen LogP contribution in [-0.4, -0.2) is 43.3 Å². The minimum atomic E-state index is -0.692. The van der Waals surface area contributed by atoms with Crippen LogP contribution in [0, 0.1) is 5.92 Å². The number of carbonyl (C=O) groups is 1. The summed E-state index contributed by atoms with van der Waals surface area (Å²) >= 11 is 0. The lowest BCUT2D eigenvalue weighted by Gasteiger charge is -2.37. The van der Waals surface area contributed by atoms with Crippen LogP contribution < -0.4 is 9.47 Å². The van der Waals surface area contributed by atoms with Crippen molar-refractivity contribution in [3.8, 4) is 11.5 Å². The maximum absolute atomic E-state index is 11.4. The molecule has 2 aromatic rings. The van der Waals surface area contributed by atoms with Gasteiger partial charge in [-0.2, -0.15) is 0 Å². The van der Waals surface area contributed by atoms with Gasteiger partial charge in [-0.1, -0.05) is 43.3 Å². The first kappa shape index (κ1) is 20.2. The molecule has 1 N–H and O–H groups in total. The van der Waals surface area contributed by atoms with E-state index in [1.807, 2.05) is 12.1 Å². The molecule has 1 fully saturated rings. The Bertz CT molecular complexity index is 795. The standard InChI is InChI=1S/C23H29NO4/c1-4-16-8-10-17(11-9-16)21(24-14-12-18(13-15-24)23(25)26)19-6-5-7-20(27-2)22(19)28-3/h5-11,18,21H,4,12-15H2,1-3H3,(H,25,26). The number of aliphatic carboxylic acids is 1. The van der Waals surface area contributed by atoms with Crippen molar-refractivity contribution in [1.82, 2.24) is 4.90 Å². The molecule has 3 rings (SSSR count). The Kier molecular flexibility index (Phi) is 6.57. The summed E-state index contributed by atoms with van der Waals surface area (Å²) in [4.78, 5) is 13.7. The highest BCUT2D eigenvalue weighted by Gasteiger charge is 2.32. The second kappa shape index (κ2) is 9.11. The third-order valence-electron chi connectivity index (χ3n) is 5.68. The zero-order valence-corrected chi connectivity index (χ0v) is 16.9. The van der Waals surface area contributed by atoms with E-state index < -0.39 is 5.97 Å². The number of para-hydroxylation sites is 1. The number of likely N-dealkylation sites (tertiary alicyclic amines) is 1. The van der Waals surface area contributed by atoms with Crippen LogP contribution in [-0.2, 0) is 11.2 Å². The fourth-order valence-corrected chi connectivity index (χ4v) is 4.05. The van der Waals surface area contributed by atoms with Crippen molar-refractivity contribution in [2.45, 2.75) is 32.2 Å². The molecule has 1 heterocycles. The molecule has 1 unspecified atom stereocenters. The van der Waals surface area contributed by atoms with Gasteiger partial charge in [-0.05, 0) is 49.5 Å². The number of benzene rings is 2. The van der Waals surface area contributed by atoms with E-state index in [9.17, 15) is 9.90 Å². The van der Waals surface area contributed by atoms with E-state index >= 15 is 0 Å². The molecule has 0 aromatic heterocycles. The molecule has 5 heteroatoms. The summed E-state index contributed by atoms with van der Waals surface area (Å²) in [6.07, 6.45) is 2.31. The van der Waals surface area contributed by atoms with Crippen LogP contribution in [0.1, 0.15) is 42.5 Å². The first-order valence-electron chi connectivity index (χ1n) is 9.85. The smallest absolute Gasteiger partial charge is 0.306 e. The maximum atomic E-state index is 11.4. The predicted molar refractivity (Wildman–Crippen MR) is 109 cm³/mol. The summed E-state index contributed by atoms with van der Waals surface area (Å²) in [5.41, 5.74) is 3.52. The highest BCUT2D eigenvalue weighted by molar-refractivity contribution is 5.70. The molecular formula is C23H29NO4. The Hall–Kier alpha value is -2.53. The Balaban J connectivity index is 2.01. The normalized spacial score (nSPS) is 16.5. The van der Waals surface area contributed by atoms with E-state index in [4.69, 9.17) is 9.47 Å². The van der Waals surface area contributed by atoms with E-state index in [0.717, 1.165) is 30.8 Å². The van der Waals surface area contributed by atoms with Gasteiger partial charge in [-0.15, -0.1) is 0 Å². The summed E-state index contributed by atoms with van der Waals surface area (Å²) in [5.74, 6) is 0.486. The maximum Gasteiger partial charge on any atom is 0.306 e. The number of methoxy groups -OCH3 is 2. The molecule has 0 radical (unpaired) electrons. The number of rotatable bonds is 7. The van der Waals surface area contributed by atoms with Gasteiger partial charge in [0, 0.05) is 5.56 Å². The zero-order chi connectivity index (χ0) is 20.1. The molecule has 1 aliphatic heterocycles. The fraction of sp³-hybridized carbons (Fsp3) is 0.435. The van der Waals surface area contributed by atoms with E-state index in [1.54, 1.807) is 14.2 Å². The first-order valence-corrected chi connectivity index (χ1v) is 9.85. The Morgan fingerprint density at radius 1 is 1.11 bits per heavy atom. The topological polar surface area (TPSA) is 59.0 Å². The van der Waals surface area contributed by atoms with Crippen molar-refractivity contribution in [1.29, 1.82) is 0 Å². The summed E-state index contributed by atoms with van der Waals surface area (Å²) in [5, 5.41) is 9.35. The number of aryl methyl sites for hydroxylation is 1. The number of carboxylic acids is 1. The van der Waals surface area contributed by atoms with Gasteiger partial charge in [0.2, 0.25) is 0 Å². The lowest BCUT2D eigenvalue weighted by molar-refractivity contribution is -0.143. The number of piperidine rings is 1. The van der Waals surface area contributed by atoms with Crippen LogP contribution >= 0.6 is 0 Å². The average molecular weight is 383 g/mol. The quantitative estimate of drug-likeness (QED) is 0.778. The second-order valence-electron chi connectivity index (χ2n) is 7.23. The Labute approximate surface area is 166 Å². The number of hydrogen-bond acceptors (Lipinski definition) is 4. The minimum absolute atomic E-state index is 0.00861. The summed E-state index contributed by atoms with van der Waals surface area (Å²) in [6.45, 7) is 3.61. The highest BCUT2D eigenvalue weighted by Crippen LogP contribution is 2.41. The van der Waals surface area contributed by atoms with Gasteiger partial charge >= 0.3 is 5.97 Å². The molecule has 1 aliphatic rings. The van der Waals surface area contributed by atoms with Crippen molar-refractivity contribution in [3.63, 3.8) is 0 Å². The third kappa shape index (κ3) is 4.14. The van der Waals surface area contributed by atoms with Crippen molar-refractivity contribution < 1.29 is 19.4 Å². The van der Waals surface area contributed by atoms with E-state index in [1.165, 1.54) is 11.1 Å². The Morgan fingerprint density at radius 3 is 2.32 bits per heavy atom. The molecule has 150 valence electrons. The van der Waals surface area contributed by atoms with Gasteiger partial charge in [0.05, 0.1) is 26.2 Å². The Morgan fingerprint density at radius 2 is 1.79 bits per heavy atom. The van der Waals surface area contributed by atoms with Crippen LogP contribution in [0.3, 0.4) is 0 Å². The summed E-state index contributed by atoms with van der Waals surface area (Å²) in [7, 11) is 3.31. The molecule has 1 atom stereocenters. The van der Waals surface area contributed by atoms with Crippen LogP contribution in [0.4, 0.5) is 0 Å². The summed E-state index contributed by atoms with van der Waals surface area (Å²) < 4.78 is 11.2. The highest BCUT2D eigenvalue weighted by atomic mass is 16.5. The first-order chi connectivity index (χ1) is 13.6. The third-order valence-corrected chi connectivity index (χ3v) is 5.68. The SMILES string of the molecule is CCc1ccc(C(c2cccc(OC)c2OC)N2CCC(C(=O)O)CC2)cc1. The molecule has 1 saturated heterocycles. The summed E-state index contributed by atoms with van der Waals surface area (Å²) in [6, 6.07) is 14.6. The van der Waals surface area contributed by atoms with Gasteiger partial charge in [0.25, 0.3) is 0 Å². The lowest BCUT2D eigenvalue weighted by Crippen LogP contribution is -2.39. The number of ether oxygens (including phenoxy) is 2. The fourth-order valence-electron chi connectivity index (χ4n) is 4.05. The van der Waals surface area contributed by atoms with Gasteiger partial charge in [0.1, 0.15) is 0 Å². The molecule has 0 amide bonds. The lowest BCUT2D eigenvalue weighted by atomic mass is 9.90. The van der Waals surface area contributed by atoms with E-state index in [0.29, 0.717) is 18.6 Å². The minimum Gasteiger partial charge on any atom is -0.493 e. The predicted octanol–water partition coefficient (Wildman–Crippen LogP) is 4.15. The molecule has 5 nitrogen and oxygen atoms in total. The van der Waals surface area contributed by atoms with Crippen LogP contribution in [0.5, 0.6) is 11.5 Å². The molecule has 2 aromatic carbocycles. The van der Waals surface area contributed by atoms with Crippen molar-refractivity contribution in [2.24, 2.45) is 5.92 Å². The molecule has 28 heavy (non-hydrogen) atoms. The van der Waals surface area contributed by atoms with Crippen LogP contribution in [0.25, 0.3) is 0 Å². The monoisotopic (exact) mass is 383 g/mol. The molecule has 0 saturated carbocycles. The molecule has 0 aliphatic carbocycles. The largest absolute Gasteiger partial charge is 0.493 e. The van der Waals surface area contributed by atoms with Crippen LogP contribution in [0.2, 0.25) is 0 Å². The average Bonchev–Trinajstić information content (AvgIpc) is 2.74. The molecule has 0 bridgehead atoms. The number of carboxylic acid groups (broad SMARTS) is 1. The van der Waals surface area contributed by atoms with Gasteiger partial charge in [-0.3, -0.25) is 9.69 Å². The van der Waals surface area contributed by atoms with Crippen molar-refractivity contribution in [3.05, 3.63) is 59.2 Å². The van der Waals surface area contributed by atoms with E-state index in [-0.39, 0.29) is 12.0 Å². The van der Waals surface area contributed by atoms with Crippen molar-refractivity contribution in [2.75, 3.05) is 27.3 Å². The molecular weight excluding hydrogens is 354 g/mol. The zero-order valence-electron chi connectivity index (χ0n) is 16.9. The van der Waals surface area contributed by atoms with E-state index in [2.05, 4.69) is 42.2 Å². The van der Waals surface area contributed by atoms with Gasteiger partial charge < -0.3 is 14.6 Å². The second-order valence-corrected chi connectivity index (χ2v) is 7.23. The van der Waals surface area contributed by atoms with Crippen molar-refractivity contribution >= 4 is 5.97 Å². The van der Waals surface area contributed by atoms with Gasteiger partial charge in [-0.25, -0.2) is 0 Å². The number of nitrogens with zero attached hydrogens (tertiary/aromatic N) is 1. The molecule has 0 spiro atoms. The van der Waals surface area contributed by atoms with Crippen LogP contribution in [0.15, 0.2) is 42.5 Å². The van der Waals surface area contributed by atoms with Gasteiger partial charge in [0.15, 0.2) is 11.5 Å².